The summed E-state index contributed by atoms with van der Waals surface area (Å²) in [5.41, 5.74) is -0.825. The molecule has 1 fully saturated rings. The van der Waals surface area contributed by atoms with Crippen molar-refractivity contribution < 1.29 is 14.8 Å². The third-order valence-corrected chi connectivity index (χ3v) is 4.02. The van der Waals surface area contributed by atoms with E-state index in [1.165, 1.54) is 18.9 Å². The maximum absolute atomic E-state index is 11.1. The van der Waals surface area contributed by atoms with E-state index in [9.17, 15) is 14.9 Å². The number of nitrogens with one attached hydrogen (secondary N) is 1. The fourth-order valence-corrected chi connectivity index (χ4v) is 2.64. The monoisotopic (exact) mass is 293 g/mol. The highest BCUT2D eigenvalue weighted by Gasteiger charge is 2.22. The second kappa shape index (κ2) is 6.51. The highest BCUT2D eigenvalue weighted by Crippen LogP contribution is 2.28. The molecule has 114 valence electrons. The number of aromatic carboxylic acids is 1. The minimum Gasteiger partial charge on any atom is -0.477 e. The second-order valence-electron chi connectivity index (χ2n) is 5.66. The first-order chi connectivity index (χ1) is 9.97. The summed E-state index contributed by atoms with van der Waals surface area (Å²) < 4.78 is 0. The first-order valence-corrected chi connectivity index (χ1v) is 7.09. The van der Waals surface area contributed by atoms with Crippen molar-refractivity contribution in [2.45, 2.75) is 32.6 Å². The van der Waals surface area contributed by atoms with Crippen LogP contribution in [0, 0.1) is 22.0 Å². The Kier molecular flexibility index (Phi) is 4.72. The molecule has 0 spiro atoms. The number of nitro groups is 1. The maximum atomic E-state index is 11.1. The molecule has 0 saturated heterocycles. The molecule has 1 aliphatic rings. The van der Waals surface area contributed by atoms with Gasteiger partial charge in [-0.05, 0) is 24.7 Å². The molecule has 0 amide bonds. The van der Waals surface area contributed by atoms with E-state index >= 15 is 0 Å². The van der Waals surface area contributed by atoms with Crippen LogP contribution < -0.4 is 5.32 Å². The van der Waals surface area contributed by atoms with Crippen molar-refractivity contribution in [1.29, 1.82) is 0 Å². The molecule has 7 nitrogen and oxygen atoms in total. The average Bonchev–Trinajstić information content (AvgIpc) is 2.46. The molecule has 7 heteroatoms. The minimum atomic E-state index is -1.32. The van der Waals surface area contributed by atoms with Gasteiger partial charge in [-0.3, -0.25) is 10.1 Å². The molecule has 1 heterocycles. The Bertz CT molecular complexity index is 539. The fourth-order valence-electron chi connectivity index (χ4n) is 2.64. The van der Waals surface area contributed by atoms with Gasteiger partial charge in [0.25, 0.3) is 0 Å². The average molecular weight is 293 g/mol. The van der Waals surface area contributed by atoms with Gasteiger partial charge in [-0.1, -0.05) is 19.8 Å². The molecule has 0 aromatic carbocycles. The SMILES string of the molecule is CC1CCC(CNc2cc(C(=O)O)c([N+](=O)[O-])cn2)CC1. The van der Waals surface area contributed by atoms with Gasteiger partial charge >= 0.3 is 11.7 Å². The van der Waals surface area contributed by atoms with E-state index in [1.54, 1.807) is 0 Å². The van der Waals surface area contributed by atoms with Crippen LogP contribution in [-0.4, -0.2) is 27.5 Å². The lowest BCUT2D eigenvalue weighted by atomic mass is 9.83. The van der Waals surface area contributed by atoms with Crippen molar-refractivity contribution in [3.05, 3.63) is 27.9 Å². The molecule has 2 N–H and O–H groups in total. The van der Waals surface area contributed by atoms with Crippen LogP contribution in [0.2, 0.25) is 0 Å². The lowest BCUT2D eigenvalue weighted by Crippen LogP contribution is -2.20. The summed E-state index contributed by atoms with van der Waals surface area (Å²) in [6.07, 6.45) is 5.70. The number of aromatic nitrogens is 1. The number of nitrogens with zero attached hydrogens (tertiary/aromatic N) is 2. The van der Waals surface area contributed by atoms with Crippen LogP contribution in [-0.2, 0) is 0 Å². The summed E-state index contributed by atoms with van der Waals surface area (Å²) in [5.74, 6) is 0.374. The number of carbonyl (C=O) groups is 1. The van der Waals surface area contributed by atoms with Crippen LogP contribution in [0.5, 0.6) is 0 Å². The number of carboxylic acid groups (broad SMARTS) is 1. The zero-order valence-electron chi connectivity index (χ0n) is 11.9. The van der Waals surface area contributed by atoms with E-state index in [2.05, 4.69) is 17.2 Å². The number of anilines is 1. The molecule has 0 atom stereocenters. The van der Waals surface area contributed by atoms with Gasteiger partial charge in [0.2, 0.25) is 0 Å². The van der Waals surface area contributed by atoms with Crippen molar-refractivity contribution >= 4 is 17.5 Å². The standard InChI is InChI=1S/C14H19N3O4/c1-9-2-4-10(5-3-9)7-15-13-6-11(14(18)19)12(8-16-13)17(20)21/h6,8-10H,2-5,7H2,1H3,(H,15,16)(H,18,19). The largest absolute Gasteiger partial charge is 0.477 e. The quantitative estimate of drug-likeness (QED) is 0.638. The molecule has 0 aliphatic heterocycles. The molecule has 1 aromatic rings. The minimum absolute atomic E-state index is 0.338. The highest BCUT2D eigenvalue weighted by atomic mass is 16.6. The van der Waals surface area contributed by atoms with Crippen LogP contribution in [0.25, 0.3) is 0 Å². The number of hydrogen-bond acceptors (Lipinski definition) is 5. The first kappa shape index (κ1) is 15.2. The Morgan fingerprint density at radius 2 is 2.14 bits per heavy atom. The zero-order chi connectivity index (χ0) is 15.4. The first-order valence-electron chi connectivity index (χ1n) is 7.09. The van der Waals surface area contributed by atoms with Crippen molar-refractivity contribution in [3.63, 3.8) is 0 Å². The Morgan fingerprint density at radius 3 is 2.71 bits per heavy atom. The van der Waals surface area contributed by atoms with Crippen molar-refractivity contribution in [1.82, 2.24) is 4.98 Å². The summed E-state index contributed by atoms with van der Waals surface area (Å²) in [5, 5.41) is 22.9. The number of hydrogen-bond donors (Lipinski definition) is 2. The molecule has 1 aromatic heterocycles. The van der Waals surface area contributed by atoms with Crippen LogP contribution in [0.15, 0.2) is 12.3 Å². The summed E-state index contributed by atoms with van der Waals surface area (Å²) in [4.78, 5) is 25.0. The summed E-state index contributed by atoms with van der Waals surface area (Å²) >= 11 is 0. The molecule has 1 saturated carbocycles. The molecule has 0 unspecified atom stereocenters. The Hall–Kier alpha value is -2.18. The van der Waals surface area contributed by atoms with E-state index in [0.717, 1.165) is 31.5 Å². The topological polar surface area (TPSA) is 105 Å². The number of rotatable bonds is 5. The zero-order valence-corrected chi connectivity index (χ0v) is 11.9. The van der Waals surface area contributed by atoms with Gasteiger partial charge < -0.3 is 10.4 Å². The predicted octanol–water partition coefficient (Wildman–Crippen LogP) is 2.93. The van der Waals surface area contributed by atoms with E-state index < -0.39 is 16.6 Å². The third-order valence-electron chi connectivity index (χ3n) is 4.02. The van der Waals surface area contributed by atoms with Gasteiger partial charge in [0.05, 0.1) is 4.92 Å². The lowest BCUT2D eigenvalue weighted by molar-refractivity contribution is -0.385. The maximum Gasteiger partial charge on any atom is 0.342 e. The molecule has 2 rings (SSSR count). The summed E-state index contributed by atoms with van der Waals surface area (Å²) in [6, 6.07) is 1.23. The Morgan fingerprint density at radius 1 is 1.48 bits per heavy atom. The van der Waals surface area contributed by atoms with Crippen LogP contribution >= 0.6 is 0 Å². The highest BCUT2D eigenvalue weighted by molar-refractivity contribution is 5.93. The van der Waals surface area contributed by atoms with Crippen molar-refractivity contribution in [2.75, 3.05) is 11.9 Å². The summed E-state index contributed by atoms with van der Waals surface area (Å²) in [7, 11) is 0. The third kappa shape index (κ3) is 3.90. The molecule has 1 aliphatic carbocycles. The molecular weight excluding hydrogens is 274 g/mol. The molecule has 0 bridgehead atoms. The fraction of sp³-hybridized carbons (Fsp3) is 0.571. The van der Waals surface area contributed by atoms with Crippen molar-refractivity contribution in [3.8, 4) is 0 Å². The van der Waals surface area contributed by atoms with Gasteiger partial charge in [-0.2, -0.15) is 0 Å². The Labute approximate surface area is 122 Å². The van der Waals surface area contributed by atoms with Crippen LogP contribution in [0.3, 0.4) is 0 Å². The van der Waals surface area contributed by atoms with Gasteiger partial charge in [0, 0.05) is 12.6 Å². The molecule has 0 radical (unpaired) electrons. The van der Waals surface area contributed by atoms with E-state index in [0.29, 0.717) is 11.7 Å². The molecular formula is C14H19N3O4. The molecule has 21 heavy (non-hydrogen) atoms. The van der Waals surface area contributed by atoms with Gasteiger partial charge in [0.1, 0.15) is 17.6 Å². The van der Waals surface area contributed by atoms with E-state index in [-0.39, 0.29) is 5.56 Å². The predicted molar refractivity (Wildman–Crippen MR) is 77.5 cm³/mol. The van der Waals surface area contributed by atoms with Gasteiger partial charge in [-0.25, -0.2) is 9.78 Å². The van der Waals surface area contributed by atoms with Gasteiger partial charge in [0.15, 0.2) is 0 Å². The summed E-state index contributed by atoms with van der Waals surface area (Å²) in [6.45, 7) is 2.97. The van der Waals surface area contributed by atoms with Crippen LogP contribution in [0.1, 0.15) is 43.0 Å². The van der Waals surface area contributed by atoms with Gasteiger partial charge in [-0.15, -0.1) is 0 Å². The normalized spacial score (nSPS) is 21.8. The van der Waals surface area contributed by atoms with E-state index in [4.69, 9.17) is 5.11 Å². The number of carboxylic acids is 1. The van der Waals surface area contributed by atoms with Crippen molar-refractivity contribution in [2.24, 2.45) is 11.8 Å². The smallest absolute Gasteiger partial charge is 0.342 e. The Balaban J connectivity index is 2.02. The number of pyridine rings is 1. The second-order valence-corrected chi connectivity index (χ2v) is 5.66. The van der Waals surface area contributed by atoms with Crippen LogP contribution in [0.4, 0.5) is 11.5 Å². The lowest BCUT2D eigenvalue weighted by Gasteiger charge is -2.26. The van der Waals surface area contributed by atoms with E-state index in [1.807, 2.05) is 0 Å².